The number of carbonyl (C=O) groups is 2. The number of rotatable bonds is 3. The monoisotopic (exact) mass is 290 g/mol. The highest BCUT2D eigenvalue weighted by atomic mass is 35.5. The van der Waals surface area contributed by atoms with E-state index in [1.165, 1.54) is 19.1 Å². The van der Waals surface area contributed by atoms with Crippen LogP contribution in [0.3, 0.4) is 0 Å². The normalized spacial score (nSPS) is 10.8. The van der Waals surface area contributed by atoms with Crippen molar-refractivity contribution in [1.82, 2.24) is 4.72 Å². The van der Waals surface area contributed by atoms with E-state index in [9.17, 15) is 18.0 Å². The van der Waals surface area contributed by atoms with Gasteiger partial charge in [-0.2, -0.15) is 0 Å². The summed E-state index contributed by atoms with van der Waals surface area (Å²) in [4.78, 5) is 21.6. The van der Waals surface area contributed by atoms with Crippen molar-refractivity contribution in [1.29, 1.82) is 0 Å². The topological polar surface area (TPSA) is 92.3 Å². The predicted octanol–water partition coefficient (Wildman–Crippen LogP) is 1.12. The van der Waals surface area contributed by atoms with Crippen molar-refractivity contribution in [2.24, 2.45) is 0 Å². The van der Waals surface area contributed by atoms with Crippen LogP contribution in [0.4, 0.5) is 5.69 Å². The summed E-state index contributed by atoms with van der Waals surface area (Å²) in [6.07, 6.45) is 0. The molecule has 0 saturated carbocycles. The third-order valence-electron chi connectivity index (χ3n) is 1.82. The summed E-state index contributed by atoms with van der Waals surface area (Å²) in [7, 11) is -4.06. The summed E-state index contributed by atoms with van der Waals surface area (Å²) in [5.41, 5.74) is 0.0562. The Morgan fingerprint density at radius 2 is 1.78 bits per heavy atom. The Morgan fingerprint density at radius 3 is 2.28 bits per heavy atom. The zero-order chi connectivity index (χ0) is 13.9. The lowest BCUT2D eigenvalue weighted by Gasteiger charge is -2.11. The molecular weight excluding hydrogens is 280 g/mol. The van der Waals surface area contributed by atoms with E-state index in [0.29, 0.717) is 0 Å². The van der Waals surface area contributed by atoms with Gasteiger partial charge < -0.3 is 5.32 Å². The number of sulfonamides is 1. The smallest absolute Gasteiger partial charge is 0.266 e. The van der Waals surface area contributed by atoms with Crippen LogP contribution in [0, 0.1) is 0 Å². The fourth-order valence-corrected chi connectivity index (χ4v) is 2.67. The van der Waals surface area contributed by atoms with Crippen LogP contribution in [0.5, 0.6) is 0 Å². The predicted molar refractivity (Wildman–Crippen MR) is 66.8 cm³/mol. The lowest BCUT2D eigenvalue weighted by molar-refractivity contribution is -0.117. The summed E-state index contributed by atoms with van der Waals surface area (Å²) < 4.78 is 25.5. The first-order chi connectivity index (χ1) is 8.22. The summed E-state index contributed by atoms with van der Waals surface area (Å²) >= 11 is 5.71. The van der Waals surface area contributed by atoms with Gasteiger partial charge >= 0.3 is 0 Å². The molecule has 0 unspecified atom stereocenters. The molecule has 8 heteroatoms. The molecule has 0 bridgehead atoms. The van der Waals surface area contributed by atoms with Gasteiger partial charge in [0.2, 0.25) is 11.8 Å². The SMILES string of the molecule is CC(=O)Nc1ccc(Cl)cc1S(=O)(=O)NC(C)=O. The van der Waals surface area contributed by atoms with Crippen molar-refractivity contribution in [3.63, 3.8) is 0 Å². The number of amides is 2. The van der Waals surface area contributed by atoms with Crippen LogP contribution >= 0.6 is 11.6 Å². The van der Waals surface area contributed by atoms with E-state index in [1.807, 2.05) is 0 Å². The van der Waals surface area contributed by atoms with Gasteiger partial charge in [-0.1, -0.05) is 11.6 Å². The molecule has 1 aromatic rings. The van der Waals surface area contributed by atoms with Gasteiger partial charge in [0.25, 0.3) is 10.0 Å². The first-order valence-electron chi connectivity index (χ1n) is 4.83. The Morgan fingerprint density at radius 1 is 1.17 bits per heavy atom. The van der Waals surface area contributed by atoms with Crippen LogP contribution in [-0.2, 0) is 19.6 Å². The number of nitrogens with one attached hydrogen (secondary N) is 2. The fourth-order valence-electron chi connectivity index (χ4n) is 1.26. The molecule has 0 aliphatic carbocycles. The van der Waals surface area contributed by atoms with Crippen molar-refractivity contribution >= 4 is 39.1 Å². The molecule has 0 radical (unpaired) electrons. The van der Waals surface area contributed by atoms with Gasteiger partial charge in [0.15, 0.2) is 0 Å². The average molecular weight is 291 g/mol. The van der Waals surface area contributed by atoms with E-state index in [2.05, 4.69) is 5.32 Å². The first kappa shape index (κ1) is 14.5. The van der Waals surface area contributed by atoms with Crippen LogP contribution in [0.1, 0.15) is 13.8 Å². The summed E-state index contributed by atoms with van der Waals surface area (Å²) in [5, 5.41) is 2.53. The number of anilines is 1. The number of carbonyl (C=O) groups excluding carboxylic acids is 2. The molecule has 0 heterocycles. The molecule has 0 aliphatic heterocycles. The standard InChI is InChI=1S/C10H11ClN2O4S/c1-6(14)12-9-4-3-8(11)5-10(9)18(16,17)13-7(2)15/h3-5H,1-2H3,(H,12,14)(H,13,15). The minimum Gasteiger partial charge on any atom is -0.325 e. The fraction of sp³-hybridized carbons (Fsp3) is 0.200. The number of halogens is 1. The van der Waals surface area contributed by atoms with Gasteiger partial charge in [-0.25, -0.2) is 13.1 Å². The van der Waals surface area contributed by atoms with Crippen molar-refractivity contribution in [2.75, 3.05) is 5.32 Å². The third kappa shape index (κ3) is 3.71. The minimum absolute atomic E-state index is 0.0562. The van der Waals surface area contributed by atoms with Gasteiger partial charge in [-0.3, -0.25) is 9.59 Å². The zero-order valence-corrected chi connectivity index (χ0v) is 11.2. The highest BCUT2D eigenvalue weighted by Crippen LogP contribution is 2.25. The van der Waals surface area contributed by atoms with E-state index in [-0.39, 0.29) is 15.6 Å². The van der Waals surface area contributed by atoms with Gasteiger partial charge in [0, 0.05) is 18.9 Å². The Labute approximate surface area is 109 Å². The molecule has 1 rings (SSSR count). The van der Waals surface area contributed by atoms with Gasteiger partial charge in [0.1, 0.15) is 4.90 Å². The lowest BCUT2D eigenvalue weighted by atomic mass is 10.3. The molecule has 0 spiro atoms. The van der Waals surface area contributed by atoms with Crippen LogP contribution in [-0.4, -0.2) is 20.2 Å². The maximum atomic E-state index is 11.9. The molecule has 0 saturated heterocycles. The molecular formula is C10H11ClN2O4S. The molecule has 0 aromatic heterocycles. The van der Waals surface area contributed by atoms with Crippen molar-refractivity contribution in [3.8, 4) is 0 Å². The summed E-state index contributed by atoms with van der Waals surface area (Å²) in [6, 6.07) is 3.93. The molecule has 2 amide bonds. The first-order valence-corrected chi connectivity index (χ1v) is 6.69. The third-order valence-corrected chi connectivity index (χ3v) is 3.53. The molecule has 6 nitrogen and oxygen atoms in total. The lowest BCUT2D eigenvalue weighted by Crippen LogP contribution is -2.29. The quantitative estimate of drug-likeness (QED) is 0.872. The van der Waals surface area contributed by atoms with E-state index in [0.717, 1.165) is 13.0 Å². The highest BCUT2D eigenvalue weighted by molar-refractivity contribution is 7.90. The average Bonchev–Trinajstić information content (AvgIpc) is 2.18. The maximum Gasteiger partial charge on any atom is 0.266 e. The number of hydrogen-bond donors (Lipinski definition) is 2. The number of benzene rings is 1. The van der Waals surface area contributed by atoms with Gasteiger partial charge in [-0.05, 0) is 18.2 Å². The summed E-state index contributed by atoms with van der Waals surface area (Å²) in [5.74, 6) is -1.17. The highest BCUT2D eigenvalue weighted by Gasteiger charge is 2.20. The van der Waals surface area contributed by atoms with E-state index in [4.69, 9.17) is 11.6 Å². The minimum atomic E-state index is -4.06. The Balaban J connectivity index is 3.32. The zero-order valence-electron chi connectivity index (χ0n) is 9.65. The molecule has 2 N–H and O–H groups in total. The second-order valence-electron chi connectivity index (χ2n) is 3.48. The van der Waals surface area contributed by atoms with Crippen molar-refractivity contribution in [3.05, 3.63) is 23.2 Å². The van der Waals surface area contributed by atoms with Crippen LogP contribution in [0.2, 0.25) is 5.02 Å². The van der Waals surface area contributed by atoms with Gasteiger partial charge in [0.05, 0.1) is 5.69 Å². The molecule has 18 heavy (non-hydrogen) atoms. The molecule has 98 valence electrons. The molecule has 0 aliphatic rings. The largest absolute Gasteiger partial charge is 0.325 e. The van der Waals surface area contributed by atoms with Crippen molar-refractivity contribution < 1.29 is 18.0 Å². The second-order valence-corrected chi connectivity index (χ2v) is 5.57. The molecule has 0 fully saturated rings. The van der Waals surface area contributed by atoms with E-state index < -0.39 is 21.8 Å². The molecule has 0 atom stereocenters. The Bertz CT molecular complexity index is 598. The van der Waals surface area contributed by atoms with Gasteiger partial charge in [-0.15, -0.1) is 0 Å². The van der Waals surface area contributed by atoms with Crippen molar-refractivity contribution in [2.45, 2.75) is 18.7 Å². The Hall–Kier alpha value is -1.60. The van der Waals surface area contributed by atoms with Crippen LogP contribution in [0.25, 0.3) is 0 Å². The van der Waals surface area contributed by atoms with E-state index in [1.54, 1.807) is 4.72 Å². The van der Waals surface area contributed by atoms with Crippen LogP contribution < -0.4 is 10.0 Å². The van der Waals surface area contributed by atoms with E-state index >= 15 is 0 Å². The second kappa shape index (κ2) is 5.36. The summed E-state index contributed by atoms with van der Waals surface area (Å²) in [6.45, 7) is 2.31. The maximum absolute atomic E-state index is 11.9. The molecule has 1 aromatic carbocycles. The Kier molecular flexibility index (Phi) is 4.31. The number of hydrogen-bond acceptors (Lipinski definition) is 4. The van der Waals surface area contributed by atoms with Crippen LogP contribution in [0.15, 0.2) is 23.1 Å².